The molecule has 3 rings (SSSR count). The van der Waals surface area contributed by atoms with Crippen molar-refractivity contribution in [3.63, 3.8) is 0 Å². The summed E-state index contributed by atoms with van der Waals surface area (Å²) in [4.78, 5) is 0. The minimum atomic E-state index is 0.00359. The van der Waals surface area contributed by atoms with Crippen LogP contribution in [0.5, 0.6) is 17.2 Å². The van der Waals surface area contributed by atoms with Gasteiger partial charge in [-0.25, -0.2) is 4.42 Å². The van der Waals surface area contributed by atoms with Crippen LogP contribution in [0.2, 0.25) is 0 Å². The SMILES string of the molecule is Oc1ccc(-c2[o+]c3cc(O)ccc3cc2O)cc1. The number of phenols is 2. The van der Waals surface area contributed by atoms with Crippen LogP contribution in [0, 0.1) is 0 Å². The smallest absolute Gasteiger partial charge is 0.401 e. The molecular formula is C15H11O4+. The highest BCUT2D eigenvalue weighted by atomic mass is 16.4. The predicted octanol–water partition coefficient (Wildman–Crippen LogP) is 3.50. The second-order valence-corrected chi connectivity index (χ2v) is 4.23. The van der Waals surface area contributed by atoms with Crippen molar-refractivity contribution in [1.29, 1.82) is 0 Å². The van der Waals surface area contributed by atoms with Crippen molar-refractivity contribution in [2.75, 3.05) is 0 Å². The Hall–Kier alpha value is -2.75. The van der Waals surface area contributed by atoms with Gasteiger partial charge in [0.25, 0.3) is 0 Å². The first-order valence-electron chi connectivity index (χ1n) is 5.72. The number of hydrogen-bond donors (Lipinski definition) is 3. The zero-order chi connectivity index (χ0) is 13.4. The molecule has 0 radical (unpaired) electrons. The van der Waals surface area contributed by atoms with Gasteiger partial charge in [-0.05, 0) is 36.4 Å². The van der Waals surface area contributed by atoms with E-state index in [1.165, 1.54) is 24.3 Å². The molecule has 0 aliphatic heterocycles. The number of rotatable bonds is 1. The summed E-state index contributed by atoms with van der Waals surface area (Å²) in [6.45, 7) is 0. The number of hydrogen-bond acceptors (Lipinski definition) is 3. The Labute approximate surface area is 108 Å². The van der Waals surface area contributed by atoms with Gasteiger partial charge in [0.05, 0.1) is 17.0 Å². The largest absolute Gasteiger partial charge is 0.508 e. The highest BCUT2D eigenvalue weighted by Crippen LogP contribution is 2.34. The van der Waals surface area contributed by atoms with E-state index < -0.39 is 0 Å². The van der Waals surface area contributed by atoms with Crippen LogP contribution in [-0.2, 0) is 0 Å². The summed E-state index contributed by atoms with van der Waals surface area (Å²) >= 11 is 0. The highest BCUT2D eigenvalue weighted by Gasteiger charge is 2.21. The van der Waals surface area contributed by atoms with Gasteiger partial charge >= 0.3 is 11.3 Å². The van der Waals surface area contributed by atoms with Crippen LogP contribution in [0.15, 0.2) is 52.9 Å². The van der Waals surface area contributed by atoms with Crippen molar-refractivity contribution in [3.8, 4) is 28.6 Å². The first kappa shape index (κ1) is 11.3. The van der Waals surface area contributed by atoms with E-state index in [-0.39, 0.29) is 23.0 Å². The molecule has 19 heavy (non-hydrogen) atoms. The number of aromatic hydroxyl groups is 3. The summed E-state index contributed by atoms with van der Waals surface area (Å²) < 4.78 is 5.61. The van der Waals surface area contributed by atoms with Gasteiger partial charge in [-0.2, -0.15) is 0 Å². The Bertz CT molecular complexity index is 748. The second kappa shape index (κ2) is 4.17. The van der Waals surface area contributed by atoms with Gasteiger partial charge in [0, 0.05) is 6.07 Å². The van der Waals surface area contributed by atoms with Gasteiger partial charge in [0.15, 0.2) is 0 Å². The third-order valence-electron chi connectivity index (χ3n) is 2.86. The molecule has 1 aromatic heterocycles. The van der Waals surface area contributed by atoms with Gasteiger partial charge in [-0.3, -0.25) is 0 Å². The third-order valence-corrected chi connectivity index (χ3v) is 2.86. The molecule has 4 nitrogen and oxygen atoms in total. The molecule has 0 spiro atoms. The Balaban J connectivity index is 2.23. The monoisotopic (exact) mass is 255 g/mol. The van der Waals surface area contributed by atoms with Crippen molar-refractivity contribution in [2.24, 2.45) is 0 Å². The molecule has 4 heteroatoms. The first-order valence-corrected chi connectivity index (χ1v) is 5.72. The number of phenolic OH excluding ortho intramolecular Hbond substituents is 2. The van der Waals surface area contributed by atoms with Crippen LogP contribution in [0.25, 0.3) is 22.3 Å². The zero-order valence-corrected chi connectivity index (χ0v) is 9.87. The minimum absolute atomic E-state index is 0.00359. The molecule has 1 heterocycles. The van der Waals surface area contributed by atoms with Gasteiger partial charge in [0.1, 0.15) is 11.5 Å². The fourth-order valence-corrected chi connectivity index (χ4v) is 1.93. The van der Waals surface area contributed by atoms with Crippen LogP contribution < -0.4 is 0 Å². The van der Waals surface area contributed by atoms with E-state index in [9.17, 15) is 15.3 Å². The van der Waals surface area contributed by atoms with E-state index in [2.05, 4.69) is 0 Å². The van der Waals surface area contributed by atoms with Crippen LogP contribution in [0.4, 0.5) is 0 Å². The quantitative estimate of drug-likeness (QED) is 0.582. The summed E-state index contributed by atoms with van der Waals surface area (Å²) in [6.07, 6.45) is 0. The summed E-state index contributed by atoms with van der Waals surface area (Å²) in [6, 6.07) is 12.5. The Kier molecular flexibility index (Phi) is 2.49. The molecule has 0 aliphatic carbocycles. The fraction of sp³-hybridized carbons (Fsp3) is 0. The zero-order valence-electron chi connectivity index (χ0n) is 9.87. The lowest BCUT2D eigenvalue weighted by Gasteiger charge is -1.97. The maximum absolute atomic E-state index is 9.98. The second-order valence-electron chi connectivity index (χ2n) is 4.23. The van der Waals surface area contributed by atoms with Crippen molar-refractivity contribution >= 4 is 11.0 Å². The Morgan fingerprint density at radius 1 is 0.737 bits per heavy atom. The molecule has 2 aromatic carbocycles. The first-order chi connectivity index (χ1) is 9.13. The maximum atomic E-state index is 9.98. The molecule has 94 valence electrons. The van der Waals surface area contributed by atoms with Crippen molar-refractivity contribution in [1.82, 2.24) is 0 Å². The van der Waals surface area contributed by atoms with Crippen LogP contribution >= 0.6 is 0 Å². The summed E-state index contributed by atoms with van der Waals surface area (Å²) in [5, 5.41) is 29.4. The summed E-state index contributed by atoms with van der Waals surface area (Å²) in [5.41, 5.74) is 1.11. The van der Waals surface area contributed by atoms with E-state index >= 15 is 0 Å². The Morgan fingerprint density at radius 2 is 1.42 bits per heavy atom. The van der Waals surface area contributed by atoms with Gasteiger partial charge < -0.3 is 15.3 Å². The fourth-order valence-electron chi connectivity index (χ4n) is 1.93. The predicted molar refractivity (Wildman–Crippen MR) is 71.1 cm³/mol. The van der Waals surface area contributed by atoms with Gasteiger partial charge in [0.2, 0.25) is 5.75 Å². The van der Waals surface area contributed by atoms with Gasteiger partial charge in [-0.15, -0.1) is 0 Å². The van der Waals surface area contributed by atoms with Gasteiger partial charge in [-0.1, -0.05) is 0 Å². The molecule has 0 saturated heterocycles. The molecule has 3 N–H and O–H groups in total. The van der Waals surface area contributed by atoms with E-state index in [1.54, 1.807) is 24.3 Å². The standard InChI is InChI=1S/C15H10O4/c16-11-4-1-9(2-5-11)15-13(18)7-10-3-6-12(17)8-14(10)19-15/h1-8H,(H2-,16,17,18)/p+1. The average Bonchev–Trinajstić information content (AvgIpc) is 2.40. The lowest BCUT2D eigenvalue weighted by atomic mass is 10.1. The maximum Gasteiger partial charge on any atom is 0.401 e. The lowest BCUT2D eigenvalue weighted by molar-refractivity contribution is 0.451. The van der Waals surface area contributed by atoms with Crippen LogP contribution in [0.3, 0.4) is 0 Å². The number of fused-ring (bicyclic) bond motifs is 1. The van der Waals surface area contributed by atoms with Crippen molar-refractivity contribution in [3.05, 3.63) is 48.5 Å². The molecule has 0 aliphatic rings. The van der Waals surface area contributed by atoms with E-state index in [0.717, 1.165) is 0 Å². The van der Waals surface area contributed by atoms with E-state index in [1.807, 2.05) is 0 Å². The lowest BCUT2D eigenvalue weighted by Crippen LogP contribution is -1.81. The molecule has 0 amide bonds. The molecular weight excluding hydrogens is 244 g/mol. The summed E-state index contributed by atoms with van der Waals surface area (Å²) in [5.74, 6) is 0.530. The van der Waals surface area contributed by atoms with E-state index in [4.69, 9.17) is 4.42 Å². The molecule has 0 fully saturated rings. The van der Waals surface area contributed by atoms with Crippen molar-refractivity contribution in [2.45, 2.75) is 0 Å². The molecule has 0 saturated carbocycles. The normalized spacial score (nSPS) is 10.7. The minimum Gasteiger partial charge on any atom is -0.508 e. The topological polar surface area (TPSA) is 72.0 Å². The highest BCUT2D eigenvalue weighted by molar-refractivity contribution is 5.83. The summed E-state index contributed by atoms with van der Waals surface area (Å²) in [7, 11) is 0. The average molecular weight is 255 g/mol. The third kappa shape index (κ3) is 2.04. The van der Waals surface area contributed by atoms with Crippen LogP contribution in [-0.4, -0.2) is 15.3 Å². The Morgan fingerprint density at radius 3 is 2.16 bits per heavy atom. The number of benzene rings is 2. The molecule has 3 aromatic rings. The van der Waals surface area contributed by atoms with Crippen LogP contribution in [0.1, 0.15) is 0 Å². The molecule has 0 bridgehead atoms. The molecule has 0 unspecified atom stereocenters. The molecule has 0 atom stereocenters. The van der Waals surface area contributed by atoms with Crippen molar-refractivity contribution < 1.29 is 19.7 Å². The van der Waals surface area contributed by atoms with E-state index in [0.29, 0.717) is 16.5 Å².